The zero-order valence-corrected chi connectivity index (χ0v) is 14.6. The third-order valence-corrected chi connectivity index (χ3v) is 3.13. The van der Waals surface area contributed by atoms with Gasteiger partial charge in [-0.3, -0.25) is 4.79 Å². The van der Waals surface area contributed by atoms with Gasteiger partial charge in [0.15, 0.2) is 0 Å². The molecular weight excluding hydrogens is 304 g/mol. The van der Waals surface area contributed by atoms with E-state index in [0.717, 1.165) is 25.7 Å². The van der Waals surface area contributed by atoms with Crippen LogP contribution in [0.3, 0.4) is 0 Å². The van der Waals surface area contributed by atoms with Crippen LogP contribution in [0.4, 0.5) is 0 Å². The van der Waals surface area contributed by atoms with Crippen LogP contribution in [-0.2, 0) is 9.68 Å². The van der Waals surface area contributed by atoms with Crippen molar-refractivity contribution in [1.29, 1.82) is 0 Å². The van der Waals surface area contributed by atoms with Gasteiger partial charge in [0, 0.05) is 12.8 Å². The third-order valence-electron chi connectivity index (χ3n) is 3.13. The molecule has 0 aromatic rings. The lowest BCUT2D eigenvalue weighted by Gasteiger charge is -1.98. The van der Waals surface area contributed by atoms with Crippen LogP contribution in [0.1, 0.15) is 58.3 Å². The molecule has 134 valence electrons. The Labute approximate surface area is 145 Å². The summed E-state index contributed by atoms with van der Waals surface area (Å²) in [5.74, 6) is -0.205. The standard InChI is InChI=1S/C20H30O4/c1-2-3-4-5-10-13-16-19(24-23)17-14-11-8-6-7-9-12-15-18-20(21)22/h3-4,7-11,13,17,23H,2,5-6,12,14-16,18H2,1H3,(H,21,22)/b4-3-,9-7-,11-8-,13-10-,19-17-. The molecule has 0 fully saturated rings. The highest BCUT2D eigenvalue weighted by atomic mass is 17.1. The monoisotopic (exact) mass is 334 g/mol. The van der Waals surface area contributed by atoms with E-state index in [1.807, 2.05) is 42.5 Å². The molecule has 0 heterocycles. The Bertz CT molecular complexity index is 456. The highest BCUT2D eigenvalue weighted by molar-refractivity contribution is 5.66. The SMILES string of the molecule is CC/C=C\C/C=C\C/C(=C/C/C=C\C/C=C\CCCC(=O)O)OO. The molecule has 24 heavy (non-hydrogen) atoms. The second-order valence-corrected chi connectivity index (χ2v) is 5.25. The molecule has 0 aliphatic carbocycles. The summed E-state index contributed by atoms with van der Waals surface area (Å²) in [5, 5.41) is 17.3. The van der Waals surface area contributed by atoms with Gasteiger partial charge < -0.3 is 9.99 Å². The summed E-state index contributed by atoms with van der Waals surface area (Å²) >= 11 is 0. The van der Waals surface area contributed by atoms with Crippen LogP contribution in [-0.4, -0.2) is 16.3 Å². The Morgan fingerprint density at radius 2 is 1.54 bits per heavy atom. The quantitative estimate of drug-likeness (QED) is 0.138. The van der Waals surface area contributed by atoms with Crippen LogP contribution in [0.2, 0.25) is 0 Å². The van der Waals surface area contributed by atoms with Gasteiger partial charge in [0.05, 0.1) is 0 Å². The lowest BCUT2D eigenvalue weighted by molar-refractivity contribution is -0.204. The number of carboxylic acid groups (broad SMARTS) is 1. The predicted molar refractivity (Wildman–Crippen MR) is 98.6 cm³/mol. The van der Waals surface area contributed by atoms with Gasteiger partial charge in [-0.1, -0.05) is 55.5 Å². The maximum Gasteiger partial charge on any atom is 0.303 e. The zero-order chi connectivity index (χ0) is 17.9. The fourth-order valence-electron chi connectivity index (χ4n) is 1.85. The average Bonchev–Trinajstić information content (AvgIpc) is 2.57. The first kappa shape index (κ1) is 21.9. The molecule has 0 aliphatic heterocycles. The summed E-state index contributed by atoms with van der Waals surface area (Å²) in [5.41, 5.74) is 0. The van der Waals surface area contributed by atoms with Crippen molar-refractivity contribution in [1.82, 2.24) is 0 Å². The fourth-order valence-corrected chi connectivity index (χ4v) is 1.85. The molecule has 4 heteroatoms. The van der Waals surface area contributed by atoms with Gasteiger partial charge in [0.25, 0.3) is 0 Å². The molecular formula is C20H30O4. The van der Waals surface area contributed by atoms with Gasteiger partial charge >= 0.3 is 5.97 Å². The van der Waals surface area contributed by atoms with Crippen molar-refractivity contribution >= 4 is 5.97 Å². The van der Waals surface area contributed by atoms with Crippen molar-refractivity contribution in [3.63, 3.8) is 0 Å². The summed E-state index contributed by atoms with van der Waals surface area (Å²) in [6, 6.07) is 0. The summed E-state index contributed by atoms with van der Waals surface area (Å²) in [6.07, 6.45) is 23.9. The summed E-state index contributed by atoms with van der Waals surface area (Å²) in [6.45, 7) is 2.10. The Hall–Kier alpha value is -2.07. The molecule has 0 aromatic heterocycles. The minimum Gasteiger partial charge on any atom is -0.481 e. The fraction of sp³-hybridized carbons (Fsp3) is 0.450. The summed E-state index contributed by atoms with van der Waals surface area (Å²) in [4.78, 5) is 14.7. The van der Waals surface area contributed by atoms with E-state index in [2.05, 4.69) is 24.0 Å². The molecule has 0 unspecified atom stereocenters. The van der Waals surface area contributed by atoms with Crippen LogP contribution in [0.5, 0.6) is 0 Å². The van der Waals surface area contributed by atoms with Crippen LogP contribution < -0.4 is 0 Å². The highest BCUT2D eigenvalue weighted by Gasteiger charge is 1.93. The van der Waals surface area contributed by atoms with Crippen molar-refractivity contribution in [3.8, 4) is 0 Å². The van der Waals surface area contributed by atoms with E-state index in [4.69, 9.17) is 10.4 Å². The van der Waals surface area contributed by atoms with Crippen molar-refractivity contribution in [2.75, 3.05) is 0 Å². The smallest absolute Gasteiger partial charge is 0.303 e. The molecule has 0 saturated carbocycles. The first-order chi connectivity index (χ1) is 11.7. The summed E-state index contributed by atoms with van der Waals surface area (Å²) in [7, 11) is 0. The van der Waals surface area contributed by atoms with Gasteiger partial charge in [0.1, 0.15) is 5.76 Å². The van der Waals surface area contributed by atoms with Crippen LogP contribution in [0.15, 0.2) is 60.4 Å². The first-order valence-electron chi connectivity index (χ1n) is 8.52. The second-order valence-electron chi connectivity index (χ2n) is 5.25. The number of hydrogen-bond acceptors (Lipinski definition) is 3. The largest absolute Gasteiger partial charge is 0.481 e. The van der Waals surface area contributed by atoms with E-state index in [1.165, 1.54) is 0 Å². The molecule has 0 aromatic carbocycles. The van der Waals surface area contributed by atoms with Crippen LogP contribution in [0, 0.1) is 0 Å². The van der Waals surface area contributed by atoms with Gasteiger partial charge in [0.2, 0.25) is 0 Å². The number of carbonyl (C=O) groups is 1. The molecule has 2 N–H and O–H groups in total. The molecule has 0 bridgehead atoms. The van der Waals surface area contributed by atoms with Gasteiger partial charge in [-0.2, -0.15) is 0 Å². The molecule has 0 rings (SSSR count). The minimum absolute atomic E-state index is 0.220. The molecule has 0 aliphatic rings. The highest BCUT2D eigenvalue weighted by Crippen LogP contribution is 2.06. The number of hydrogen-bond donors (Lipinski definition) is 2. The van der Waals surface area contributed by atoms with Crippen molar-refractivity contribution in [2.45, 2.75) is 58.3 Å². The molecule has 0 saturated heterocycles. The second kappa shape index (κ2) is 17.3. The van der Waals surface area contributed by atoms with E-state index in [-0.39, 0.29) is 6.42 Å². The van der Waals surface area contributed by atoms with E-state index in [9.17, 15) is 4.79 Å². The Morgan fingerprint density at radius 1 is 0.917 bits per heavy atom. The minimum atomic E-state index is -0.746. The number of unbranched alkanes of at least 4 members (excludes halogenated alkanes) is 1. The lowest BCUT2D eigenvalue weighted by atomic mass is 10.2. The van der Waals surface area contributed by atoms with Crippen molar-refractivity contribution in [2.24, 2.45) is 0 Å². The normalized spacial score (nSPS) is 13.0. The third kappa shape index (κ3) is 16.3. The number of aliphatic carboxylic acids is 1. The topological polar surface area (TPSA) is 66.8 Å². The van der Waals surface area contributed by atoms with Gasteiger partial charge in [-0.05, 0) is 44.6 Å². The maximum atomic E-state index is 10.3. The molecule has 0 atom stereocenters. The number of rotatable bonds is 14. The van der Waals surface area contributed by atoms with E-state index in [1.54, 1.807) is 0 Å². The number of allylic oxidation sites excluding steroid dienone is 9. The Morgan fingerprint density at radius 3 is 2.21 bits per heavy atom. The molecule has 4 nitrogen and oxygen atoms in total. The average molecular weight is 334 g/mol. The Balaban J connectivity index is 3.85. The molecule has 0 spiro atoms. The Kier molecular flexibility index (Phi) is 15.8. The van der Waals surface area contributed by atoms with E-state index >= 15 is 0 Å². The predicted octanol–water partition coefficient (Wildman–Crippen LogP) is 5.81. The van der Waals surface area contributed by atoms with Gasteiger partial charge in [-0.25, -0.2) is 5.26 Å². The van der Waals surface area contributed by atoms with Crippen LogP contribution >= 0.6 is 0 Å². The molecule has 0 amide bonds. The first-order valence-corrected chi connectivity index (χ1v) is 8.52. The zero-order valence-electron chi connectivity index (χ0n) is 14.6. The number of carboxylic acids is 1. The lowest BCUT2D eigenvalue weighted by Crippen LogP contribution is -1.92. The van der Waals surface area contributed by atoms with E-state index in [0.29, 0.717) is 25.0 Å². The van der Waals surface area contributed by atoms with Gasteiger partial charge in [-0.15, -0.1) is 0 Å². The molecule has 0 radical (unpaired) electrons. The van der Waals surface area contributed by atoms with Crippen molar-refractivity contribution < 1.29 is 20.0 Å². The van der Waals surface area contributed by atoms with Crippen LogP contribution in [0.25, 0.3) is 0 Å². The van der Waals surface area contributed by atoms with E-state index < -0.39 is 5.97 Å². The maximum absolute atomic E-state index is 10.3. The van der Waals surface area contributed by atoms with Crippen molar-refractivity contribution in [3.05, 3.63) is 60.4 Å². The summed E-state index contributed by atoms with van der Waals surface area (Å²) < 4.78 is 0.